The van der Waals surface area contributed by atoms with Crippen molar-refractivity contribution in [1.82, 2.24) is 4.98 Å². The maximum atomic E-state index is 10.5. The Labute approximate surface area is 117 Å². The number of methoxy groups -OCH3 is 1. The highest BCUT2D eigenvalue weighted by atomic mass is 79.9. The van der Waals surface area contributed by atoms with Crippen LogP contribution in [0.3, 0.4) is 0 Å². The second-order valence-corrected chi connectivity index (χ2v) is 4.36. The van der Waals surface area contributed by atoms with Crippen LogP contribution in [0.4, 0.5) is 5.69 Å². The third-order valence-corrected chi connectivity index (χ3v) is 2.90. The fourth-order valence-electron chi connectivity index (χ4n) is 1.34. The van der Waals surface area contributed by atoms with Gasteiger partial charge in [-0.2, -0.15) is 0 Å². The molecule has 0 aliphatic carbocycles. The molecule has 0 radical (unpaired) electrons. The highest BCUT2D eigenvalue weighted by Gasteiger charge is 2.08. The fraction of sp³-hybridized carbons (Fsp3) is 0.0833. The Morgan fingerprint density at radius 2 is 2.11 bits per heavy atom. The topological polar surface area (TPSA) is 74.5 Å². The molecule has 0 bridgehead atoms. The van der Waals surface area contributed by atoms with Gasteiger partial charge in [0.1, 0.15) is 17.7 Å². The highest BCUT2D eigenvalue weighted by Crippen LogP contribution is 2.32. The lowest BCUT2D eigenvalue weighted by Gasteiger charge is -2.07. The van der Waals surface area contributed by atoms with Crippen LogP contribution < -0.4 is 9.47 Å². The molecule has 19 heavy (non-hydrogen) atoms. The van der Waals surface area contributed by atoms with Gasteiger partial charge in [-0.05, 0) is 34.1 Å². The van der Waals surface area contributed by atoms with Crippen molar-refractivity contribution < 1.29 is 14.4 Å². The van der Waals surface area contributed by atoms with Gasteiger partial charge in [0.2, 0.25) is 5.88 Å². The van der Waals surface area contributed by atoms with Gasteiger partial charge < -0.3 is 9.47 Å². The number of hydrogen-bond acceptors (Lipinski definition) is 5. The number of hydrogen-bond donors (Lipinski definition) is 0. The number of nitrogens with zero attached hydrogens (tertiary/aromatic N) is 2. The minimum absolute atomic E-state index is 0.0823. The van der Waals surface area contributed by atoms with Gasteiger partial charge in [0.15, 0.2) is 0 Å². The number of benzene rings is 1. The molecule has 0 aliphatic rings. The van der Waals surface area contributed by atoms with Gasteiger partial charge in [0, 0.05) is 12.1 Å². The van der Waals surface area contributed by atoms with Crippen molar-refractivity contribution in [3.05, 3.63) is 51.1 Å². The summed E-state index contributed by atoms with van der Waals surface area (Å²) >= 11 is 3.34. The summed E-state index contributed by atoms with van der Waals surface area (Å²) in [6.45, 7) is 0. The third kappa shape index (κ3) is 3.19. The van der Waals surface area contributed by atoms with Crippen LogP contribution in [-0.2, 0) is 0 Å². The van der Waals surface area contributed by atoms with Gasteiger partial charge in [0.05, 0.1) is 16.5 Å². The van der Waals surface area contributed by atoms with Crippen LogP contribution in [0.15, 0.2) is 41.0 Å². The normalized spacial score (nSPS) is 10.0. The smallest absolute Gasteiger partial charge is 0.287 e. The molecule has 2 aromatic rings. The lowest BCUT2D eigenvalue weighted by Crippen LogP contribution is -1.92. The third-order valence-electron chi connectivity index (χ3n) is 2.29. The van der Waals surface area contributed by atoms with Crippen LogP contribution in [0.2, 0.25) is 0 Å². The lowest BCUT2D eigenvalue weighted by atomic mass is 10.3. The summed E-state index contributed by atoms with van der Waals surface area (Å²) in [6, 6.07) is 7.98. The summed E-state index contributed by atoms with van der Waals surface area (Å²) in [5.74, 6) is 1.51. The van der Waals surface area contributed by atoms with E-state index in [4.69, 9.17) is 9.47 Å². The van der Waals surface area contributed by atoms with Crippen LogP contribution in [0.5, 0.6) is 17.4 Å². The van der Waals surface area contributed by atoms with Crippen molar-refractivity contribution in [1.29, 1.82) is 0 Å². The number of aromatic nitrogens is 1. The second-order valence-electron chi connectivity index (χ2n) is 3.51. The highest BCUT2D eigenvalue weighted by molar-refractivity contribution is 9.10. The SMILES string of the molecule is COc1ccc(Oc2ccc([N+](=O)[O-])cn2)c(Br)c1. The second kappa shape index (κ2) is 5.66. The van der Waals surface area contributed by atoms with Crippen LogP contribution in [0.1, 0.15) is 0 Å². The zero-order valence-corrected chi connectivity index (χ0v) is 11.5. The maximum Gasteiger partial charge on any atom is 0.287 e. The van der Waals surface area contributed by atoms with Crippen LogP contribution in [0, 0.1) is 10.1 Å². The number of ether oxygens (including phenoxy) is 2. The van der Waals surface area contributed by atoms with Crippen LogP contribution in [0.25, 0.3) is 0 Å². The minimum atomic E-state index is -0.514. The summed E-state index contributed by atoms with van der Waals surface area (Å²) in [6.07, 6.45) is 1.15. The standard InChI is InChI=1S/C12H9BrN2O4/c1-18-9-3-4-11(10(13)6-9)19-12-5-2-8(7-14-12)15(16)17/h2-7H,1H3. The molecule has 6 nitrogen and oxygen atoms in total. The molecule has 0 fully saturated rings. The van der Waals surface area contributed by atoms with E-state index < -0.39 is 4.92 Å². The average Bonchev–Trinajstić information content (AvgIpc) is 2.41. The molecule has 0 spiro atoms. The molecule has 0 saturated carbocycles. The Morgan fingerprint density at radius 1 is 1.32 bits per heavy atom. The molecule has 0 saturated heterocycles. The molecule has 98 valence electrons. The molecule has 1 aromatic heterocycles. The summed E-state index contributed by atoms with van der Waals surface area (Å²) in [7, 11) is 1.57. The lowest BCUT2D eigenvalue weighted by molar-refractivity contribution is -0.385. The van der Waals surface area contributed by atoms with E-state index >= 15 is 0 Å². The first kappa shape index (κ1) is 13.3. The molecular formula is C12H9BrN2O4. The molecule has 2 rings (SSSR count). The van der Waals surface area contributed by atoms with E-state index in [1.165, 1.54) is 12.1 Å². The van der Waals surface area contributed by atoms with Gasteiger partial charge in [-0.1, -0.05) is 0 Å². The number of nitro groups is 1. The minimum Gasteiger partial charge on any atom is -0.497 e. The molecule has 7 heteroatoms. The number of halogens is 1. The van der Waals surface area contributed by atoms with E-state index in [9.17, 15) is 10.1 Å². The predicted molar refractivity (Wildman–Crippen MR) is 71.7 cm³/mol. The summed E-state index contributed by atoms with van der Waals surface area (Å²) in [5, 5.41) is 10.5. The van der Waals surface area contributed by atoms with Crippen molar-refractivity contribution in [3.8, 4) is 17.4 Å². The Kier molecular flexibility index (Phi) is 3.96. The summed E-state index contributed by atoms with van der Waals surface area (Å²) in [4.78, 5) is 13.8. The van der Waals surface area contributed by atoms with Crippen molar-refractivity contribution in [2.45, 2.75) is 0 Å². The van der Waals surface area contributed by atoms with E-state index in [1.807, 2.05) is 0 Å². The van der Waals surface area contributed by atoms with Gasteiger partial charge in [-0.25, -0.2) is 4.98 Å². The van der Waals surface area contributed by atoms with Gasteiger partial charge in [-0.15, -0.1) is 0 Å². The van der Waals surface area contributed by atoms with Gasteiger partial charge >= 0.3 is 0 Å². The van der Waals surface area contributed by atoms with Crippen molar-refractivity contribution >= 4 is 21.6 Å². The molecular weight excluding hydrogens is 316 g/mol. The molecule has 0 atom stereocenters. The molecule has 0 N–H and O–H groups in total. The average molecular weight is 325 g/mol. The molecule has 1 aromatic carbocycles. The van der Waals surface area contributed by atoms with E-state index in [2.05, 4.69) is 20.9 Å². The maximum absolute atomic E-state index is 10.5. The Hall–Kier alpha value is -2.15. The first-order valence-corrected chi connectivity index (χ1v) is 6.01. The van der Waals surface area contributed by atoms with Crippen molar-refractivity contribution in [2.24, 2.45) is 0 Å². The zero-order chi connectivity index (χ0) is 13.8. The quantitative estimate of drug-likeness (QED) is 0.635. The largest absolute Gasteiger partial charge is 0.497 e. The molecule has 0 amide bonds. The number of pyridine rings is 1. The van der Waals surface area contributed by atoms with E-state index in [1.54, 1.807) is 25.3 Å². The summed E-state index contributed by atoms with van der Waals surface area (Å²) in [5.41, 5.74) is -0.0823. The number of rotatable bonds is 4. The molecule has 0 unspecified atom stereocenters. The molecule has 0 aliphatic heterocycles. The zero-order valence-electron chi connectivity index (χ0n) is 9.87. The summed E-state index contributed by atoms with van der Waals surface area (Å²) < 4.78 is 11.3. The monoisotopic (exact) mass is 324 g/mol. The Balaban J connectivity index is 2.19. The Bertz CT molecular complexity index is 601. The first-order chi connectivity index (χ1) is 9.10. The Morgan fingerprint density at radius 3 is 2.63 bits per heavy atom. The van der Waals surface area contributed by atoms with Crippen LogP contribution >= 0.6 is 15.9 Å². The first-order valence-electron chi connectivity index (χ1n) is 5.22. The van der Waals surface area contributed by atoms with Gasteiger partial charge in [0.25, 0.3) is 5.69 Å². The van der Waals surface area contributed by atoms with E-state index in [-0.39, 0.29) is 11.6 Å². The van der Waals surface area contributed by atoms with E-state index in [0.29, 0.717) is 16.0 Å². The van der Waals surface area contributed by atoms with Crippen LogP contribution in [-0.4, -0.2) is 17.0 Å². The van der Waals surface area contributed by atoms with Crippen molar-refractivity contribution in [2.75, 3.05) is 7.11 Å². The van der Waals surface area contributed by atoms with Crippen molar-refractivity contribution in [3.63, 3.8) is 0 Å². The van der Waals surface area contributed by atoms with Gasteiger partial charge in [-0.3, -0.25) is 10.1 Å². The van der Waals surface area contributed by atoms with E-state index in [0.717, 1.165) is 6.20 Å². The predicted octanol–water partition coefficient (Wildman–Crippen LogP) is 3.55. The fourth-order valence-corrected chi connectivity index (χ4v) is 1.78. The molecule has 1 heterocycles.